The van der Waals surface area contributed by atoms with Crippen LogP contribution in [0.25, 0.3) is 0 Å². The first-order valence-corrected chi connectivity index (χ1v) is 7.09. The van der Waals surface area contributed by atoms with E-state index < -0.39 is 10.0 Å². The maximum Gasteiger partial charge on any atom is 0.286 e. The summed E-state index contributed by atoms with van der Waals surface area (Å²) in [6.07, 6.45) is 1.32. The van der Waals surface area contributed by atoms with Crippen molar-refractivity contribution in [3.05, 3.63) is 41.2 Å². The Morgan fingerprint density at radius 3 is 2.82 bits per heavy atom. The Balaban J connectivity index is 2.06. The van der Waals surface area contributed by atoms with E-state index in [0.29, 0.717) is 5.76 Å². The second-order valence-corrected chi connectivity index (χ2v) is 6.07. The molecule has 5 nitrogen and oxygen atoms in total. The monoisotopic (exact) mass is 270 g/mol. The van der Waals surface area contributed by atoms with Crippen LogP contribution in [0.3, 0.4) is 0 Å². The zero-order chi connectivity index (χ0) is 12.3. The van der Waals surface area contributed by atoms with Crippen molar-refractivity contribution < 1.29 is 12.8 Å². The highest BCUT2D eigenvalue weighted by molar-refractivity contribution is 7.91. The Bertz CT molecular complexity index is 612. The van der Waals surface area contributed by atoms with Crippen LogP contribution in [-0.2, 0) is 10.0 Å². The van der Waals surface area contributed by atoms with Crippen molar-refractivity contribution in [1.29, 1.82) is 0 Å². The molecule has 0 amide bonds. The molecule has 1 N–H and O–H groups in total. The van der Waals surface area contributed by atoms with Crippen molar-refractivity contribution >= 4 is 27.6 Å². The summed E-state index contributed by atoms with van der Waals surface area (Å²) >= 11 is 1.13. The average molecular weight is 270 g/mol. The van der Waals surface area contributed by atoms with Gasteiger partial charge in [0.25, 0.3) is 10.0 Å². The Morgan fingerprint density at radius 1 is 1.41 bits per heavy atom. The molecule has 0 aliphatic rings. The first-order valence-electron chi connectivity index (χ1n) is 4.73. The van der Waals surface area contributed by atoms with Gasteiger partial charge in [0.2, 0.25) is 0 Å². The van der Waals surface area contributed by atoms with Crippen LogP contribution in [0.5, 0.6) is 0 Å². The number of thiophene rings is 1. The summed E-state index contributed by atoms with van der Waals surface area (Å²) in [7, 11) is -3.55. The van der Waals surface area contributed by atoms with E-state index in [4.69, 9.17) is 4.42 Å². The molecule has 17 heavy (non-hydrogen) atoms. The fourth-order valence-electron chi connectivity index (χ4n) is 1.14. The van der Waals surface area contributed by atoms with E-state index in [9.17, 15) is 8.42 Å². The summed E-state index contributed by atoms with van der Waals surface area (Å²) < 4.78 is 28.7. The van der Waals surface area contributed by atoms with Crippen LogP contribution in [0.1, 0.15) is 11.5 Å². The summed E-state index contributed by atoms with van der Waals surface area (Å²) in [6, 6.07) is 6.66. The Labute approximate surface area is 103 Å². The molecule has 0 spiro atoms. The van der Waals surface area contributed by atoms with Crippen LogP contribution in [0.2, 0.25) is 0 Å². The SMILES string of the molecule is Cc1ccc(/C=N/NS(=O)(=O)c2cccs2)o1. The van der Waals surface area contributed by atoms with E-state index in [1.165, 1.54) is 12.3 Å². The maximum absolute atomic E-state index is 11.6. The van der Waals surface area contributed by atoms with Crippen LogP contribution in [0, 0.1) is 6.92 Å². The molecule has 0 aliphatic carbocycles. The van der Waals surface area contributed by atoms with Crippen LogP contribution < -0.4 is 4.83 Å². The quantitative estimate of drug-likeness (QED) is 0.682. The minimum Gasteiger partial charge on any atom is -0.460 e. The van der Waals surface area contributed by atoms with Gasteiger partial charge in [-0.25, -0.2) is 0 Å². The fourth-order valence-corrected chi connectivity index (χ4v) is 2.92. The predicted molar refractivity (Wildman–Crippen MR) is 65.7 cm³/mol. The highest BCUT2D eigenvalue weighted by atomic mass is 32.2. The second kappa shape index (κ2) is 4.72. The lowest BCUT2D eigenvalue weighted by atomic mass is 10.4. The van der Waals surface area contributed by atoms with E-state index in [1.807, 2.05) is 0 Å². The van der Waals surface area contributed by atoms with Gasteiger partial charge in [0.1, 0.15) is 15.7 Å². The minimum absolute atomic E-state index is 0.227. The van der Waals surface area contributed by atoms with Crippen molar-refractivity contribution in [2.75, 3.05) is 0 Å². The summed E-state index contributed by atoms with van der Waals surface area (Å²) in [5, 5.41) is 5.32. The van der Waals surface area contributed by atoms with E-state index in [0.717, 1.165) is 17.1 Å². The first kappa shape index (κ1) is 11.9. The third kappa shape index (κ3) is 2.95. The molecule has 90 valence electrons. The number of hydrogen-bond acceptors (Lipinski definition) is 5. The molecule has 2 rings (SSSR count). The molecule has 0 bridgehead atoms. The smallest absolute Gasteiger partial charge is 0.286 e. The average Bonchev–Trinajstić information content (AvgIpc) is 2.89. The van der Waals surface area contributed by atoms with Crippen molar-refractivity contribution in [1.82, 2.24) is 4.83 Å². The normalized spacial score (nSPS) is 12.1. The third-order valence-corrected chi connectivity index (χ3v) is 4.51. The summed E-state index contributed by atoms with van der Waals surface area (Å²) in [4.78, 5) is 2.11. The van der Waals surface area contributed by atoms with Gasteiger partial charge >= 0.3 is 0 Å². The van der Waals surface area contributed by atoms with Gasteiger partial charge in [-0.3, -0.25) is 0 Å². The number of hydrogen-bond donors (Lipinski definition) is 1. The molecule has 2 aromatic rings. The molecule has 0 aliphatic heterocycles. The number of sulfonamides is 1. The molecule has 7 heteroatoms. The van der Waals surface area contributed by atoms with Crippen LogP contribution in [0.15, 0.2) is 43.4 Å². The number of hydrazone groups is 1. The van der Waals surface area contributed by atoms with Crippen LogP contribution in [-0.4, -0.2) is 14.6 Å². The summed E-state index contributed by atoms with van der Waals surface area (Å²) in [6.45, 7) is 1.80. The predicted octanol–water partition coefficient (Wildman–Crippen LogP) is 1.96. The Morgan fingerprint density at radius 2 is 2.24 bits per heavy atom. The molecular weight excluding hydrogens is 260 g/mol. The highest BCUT2D eigenvalue weighted by Crippen LogP contribution is 2.15. The second-order valence-electron chi connectivity index (χ2n) is 3.23. The molecule has 0 radical (unpaired) electrons. The van der Waals surface area contributed by atoms with Crippen LogP contribution >= 0.6 is 11.3 Å². The standard InChI is InChI=1S/C10H10N2O3S2/c1-8-4-5-9(15-8)7-11-12-17(13,14)10-3-2-6-16-10/h2-7,12H,1H3/b11-7+. The number of nitrogens with zero attached hydrogens (tertiary/aromatic N) is 1. The van der Waals surface area contributed by atoms with Gasteiger partial charge in [0.15, 0.2) is 0 Å². The number of nitrogens with one attached hydrogen (secondary N) is 1. The van der Waals surface area contributed by atoms with E-state index in [2.05, 4.69) is 9.93 Å². The van der Waals surface area contributed by atoms with Crippen molar-refractivity contribution in [2.24, 2.45) is 5.10 Å². The lowest BCUT2D eigenvalue weighted by Crippen LogP contribution is -2.16. The largest absolute Gasteiger partial charge is 0.460 e. The van der Waals surface area contributed by atoms with Gasteiger partial charge in [-0.2, -0.15) is 18.4 Å². The van der Waals surface area contributed by atoms with Crippen molar-refractivity contribution in [3.63, 3.8) is 0 Å². The van der Waals surface area contributed by atoms with Gasteiger partial charge in [-0.1, -0.05) is 6.07 Å². The fraction of sp³-hybridized carbons (Fsp3) is 0.100. The molecular formula is C10H10N2O3S2. The molecule has 2 aromatic heterocycles. The van der Waals surface area contributed by atoms with Gasteiger partial charge in [-0.05, 0) is 30.5 Å². The van der Waals surface area contributed by atoms with Gasteiger partial charge < -0.3 is 4.42 Å². The lowest BCUT2D eigenvalue weighted by molar-refractivity contribution is 0.527. The minimum atomic E-state index is -3.55. The zero-order valence-corrected chi connectivity index (χ0v) is 10.6. The number of furan rings is 1. The Kier molecular flexibility index (Phi) is 3.30. The molecule has 0 atom stereocenters. The van der Waals surface area contributed by atoms with E-state index in [-0.39, 0.29) is 4.21 Å². The molecule has 0 saturated heterocycles. The first-order chi connectivity index (χ1) is 8.08. The summed E-state index contributed by atoms with van der Waals surface area (Å²) in [5.41, 5.74) is 0. The molecule has 0 aromatic carbocycles. The molecule has 0 fully saturated rings. The topological polar surface area (TPSA) is 71.7 Å². The van der Waals surface area contributed by atoms with Gasteiger partial charge in [-0.15, -0.1) is 11.3 Å². The van der Waals surface area contributed by atoms with Crippen molar-refractivity contribution in [2.45, 2.75) is 11.1 Å². The molecule has 0 unspecified atom stereocenters. The molecule has 0 saturated carbocycles. The lowest BCUT2D eigenvalue weighted by Gasteiger charge is -1.98. The van der Waals surface area contributed by atoms with E-state index in [1.54, 1.807) is 30.5 Å². The third-order valence-electron chi connectivity index (χ3n) is 1.89. The number of aryl methyl sites for hydroxylation is 1. The van der Waals surface area contributed by atoms with Gasteiger partial charge in [0, 0.05) is 0 Å². The highest BCUT2D eigenvalue weighted by Gasteiger charge is 2.12. The molecule has 2 heterocycles. The van der Waals surface area contributed by atoms with Crippen LogP contribution in [0.4, 0.5) is 0 Å². The summed E-state index contributed by atoms with van der Waals surface area (Å²) in [5.74, 6) is 1.24. The Hall–Kier alpha value is -1.60. The van der Waals surface area contributed by atoms with Gasteiger partial charge in [0.05, 0.1) is 6.21 Å². The van der Waals surface area contributed by atoms with E-state index >= 15 is 0 Å². The number of rotatable bonds is 4. The van der Waals surface area contributed by atoms with Crippen molar-refractivity contribution in [3.8, 4) is 0 Å². The zero-order valence-electron chi connectivity index (χ0n) is 8.95. The maximum atomic E-state index is 11.6.